The molecular formula is C16H24N2O. The molecule has 104 valence electrons. The second kappa shape index (κ2) is 6.22. The number of nitrogens with one attached hydrogen (secondary N) is 1. The summed E-state index contributed by atoms with van der Waals surface area (Å²) < 4.78 is 5.99. The van der Waals surface area contributed by atoms with Crippen LogP contribution in [0, 0.1) is 5.92 Å². The standard InChI is InChI=1S/C16H24N2O/c1-12(2)9-17-10-16-14(11-18(3)4)13-7-5-6-8-15(13)19-16/h5-8,12,17H,9-11H2,1-4H3. The lowest BCUT2D eigenvalue weighted by molar-refractivity contribution is 0.393. The molecule has 0 unspecified atom stereocenters. The van der Waals surface area contributed by atoms with Gasteiger partial charge in [0.25, 0.3) is 0 Å². The molecule has 3 nitrogen and oxygen atoms in total. The summed E-state index contributed by atoms with van der Waals surface area (Å²) >= 11 is 0. The summed E-state index contributed by atoms with van der Waals surface area (Å²) in [5, 5.41) is 4.70. The Hall–Kier alpha value is -1.32. The molecule has 0 aliphatic heterocycles. The first kappa shape index (κ1) is 14.1. The van der Waals surface area contributed by atoms with Crippen molar-refractivity contribution >= 4 is 11.0 Å². The molecule has 0 aliphatic carbocycles. The van der Waals surface area contributed by atoms with Crippen LogP contribution in [0.1, 0.15) is 25.2 Å². The third-order valence-corrected chi connectivity index (χ3v) is 3.09. The monoisotopic (exact) mass is 260 g/mol. The summed E-state index contributed by atoms with van der Waals surface area (Å²) in [5.74, 6) is 1.72. The zero-order chi connectivity index (χ0) is 13.8. The van der Waals surface area contributed by atoms with Gasteiger partial charge in [-0.25, -0.2) is 0 Å². The Morgan fingerprint density at radius 2 is 1.95 bits per heavy atom. The highest BCUT2D eigenvalue weighted by atomic mass is 16.3. The van der Waals surface area contributed by atoms with Crippen molar-refractivity contribution in [3.63, 3.8) is 0 Å². The predicted molar refractivity (Wildman–Crippen MR) is 80.1 cm³/mol. The fourth-order valence-electron chi connectivity index (χ4n) is 2.26. The fraction of sp³-hybridized carbons (Fsp3) is 0.500. The lowest BCUT2D eigenvalue weighted by atomic mass is 10.1. The summed E-state index contributed by atoms with van der Waals surface area (Å²) in [6.07, 6.45) is 0. The molecule has 1 N–H and O–H groups in total. The molecule has 2 aromatic rings. The van der Waals surface area contributed by atoms with E-state index in [1.165, 1.54) is 10.9 Å². The van der Waals surface area contributed by atoms with Gasteiger partial charge in [0.05, 0.1) is 6.54 Å². The van der Waals surface area contributed by atoms with Gasteiger partial charge in [0, 0.05) is 17.5 Å². The van der Waals surface area contributed by atoms with Crippen LogP contribution in [0.25, 0.3) is 11.0 Å². The van der Waals surface area contributed by atoms with Crippen LogP contribution in [0.4, 0.5) is 0 Å². The van der Waals surface area contributed by atoms with Gasteiger partial charge in [-0.15, -0.1) is 0 Å². The quantitative estimate of drug-likeness (QED) is 0.864. The predicted octanol–water partition coefficient (Wildman–Crippen LogP) is 3.24. The lowest BCUT2D eigenvalue weighted by Gasteiger charge is -2.11. The maximum Gasteiger partial charge on any atom is 0.134 e. The minimum atomic E-state index is 0.654. The Morgan fingerprint density at radius 3 is 2.63 bits per heavy atom. The molecule has 0 fully saturated rings. The fourth-order valence-corrected chi connectivity index (χ4v) is 2.26. The number of hydrogen-bond donors (Lipinski definition) is 1. The summed E-state index contributed by atoms with van der Waals surface area (Å²) in [5.41, 5.74) is 2.29. The van der Waals surface area contributed by atoms with Crippen LogP contribution in [-0.4, -0.2) is 25.5 Å². The van der Waals surface area contributed by atoms with Crippen LogP contribution in [-0.2, 0) is 13.1 Å². The minimum absolute atomic E-state index is 0.654. The topological polar surface area (TPSA) is 28.4 Å². The van der Waals surface area contributed by atoms with Gasteiger partial charge in [-0.2, -0.15) is 0 Å². The molecule has 0 amide bonds. The van der Waals surface area contributed by atoms with E-state index in [9.17, 15) is 0 Å². The molecule has 19 heavy (non-hydrogen) atoms. The number of hydrogen-bond acceptors (Lipinski definition) is 3. The minimum Gasteiger partial charge on any atom is -0.459 e. The number of rotatable bonds is 6. The molecule has 0 spiro atoms. The average Bonchev–Trinajstić information content (AvgIpc) is 2.67. The third-order valence-electron chi connectivity index (χ3n) is 3.09. The van der Waals surface area contributed by atoms with E-state index in [-0.39, 0.29) is 0 Å². The first-order chi connectivity index (χ1) is 9.08. The average molecular weight is 260 g/mol. The number of fused-ring (bicyclic) bond motifs is 1. The Balaban J connectivity index is 2.25. The summed E-state index contributed by atoms with van der Waals surface area (Å²) in [7, 11) is 4.18. The van der Waals surface area contributed by atoms with Crippen molar-refractivity contribution < 1.29 is 4.42 Å². The van der Waals surface area contributed by atoms with Crippen molar-refractivity contribution in [1.29, 1.82) is 0 Å². The van der Waals surface area contributed by atoms with Gasteiger partial charge >= 0.3 is 0 Å². The van der Waals surface area contributed by atoms with Crippen molar-refractivity contribution in [3.05, 3.63) is 35.6 Å². The van der Waals surface area contributed by atoms with Crippen LogP contribution in [0.5, 0.6) is 0 Å². The molecule has 0 aliphatic rings. The number of nitrogens with zero attached hydrogens (tertiary/aromatic N) is 1. The van der Waals surface area contributed by atoms with Gasteiger partial charge in [-0.05, 0) is 32.6 Å². The van der Waals surface area contributed by atoms with E-state index in [4.69, 9.17) is 4.42 Å². The number of para-hydroxylation sites is 1. The maximum absolute atomic E-state index is 5.99. The zero-order valence-electron chi connectivity index (χ0n) is 12.4. The number of benzene rings is 1. The van der Waals surface area contributed by atoms with E-state index in [2.05, 4.69) is 50.3 Å². The second-order valence-corrected chi connectivity index (χ2v) is 5.76. The van der Waals surface area contributed by atoms with Crippen LogP contribution in [0.15, 0.2) is 28.7 Å². The van der Waals surface area contributed by atoms with Gasteiger partial charge in [-0.3, -0.25) is 0 Å². The van der Waals surface area contributed by atoms with Gasteiger partial charge in [-0.1, -0.05) is 32.0 Å². The molecule has 0 saturated carbocycles. The normalized spacial score (nSPS) is 11.9. The van der Waals surface area contributed by atoms with Crippen molar-refractivity contribution in [2.45, 2.75) is 26.9 Å². The largest absolute Gasteiger partial charge is 0.459 e. The molecule has 2 rings (SSSR count). The van der Waals surface area contributed by atoms with E-state index in [0.29, 0.717) is 5.92 Å². The summed E-state index contributed by atoms with van der Waals surface area (Å²) in [6.45, 7) is 7.16. The summed E-state index contributed by atoms with van der Waals surface area (Å²) in [4.78, 5) is 2.18. The molecule has 3 heteroatoms. The van der Waals surface area contributed by atoms with Gasteiger partial charge in [0.1, 0.15) is 11.3 Å². The molecule has 0 saturated heterocycles. The summed E-state index contributed by atoms with van der Waals surface area (Å²) in [6, 6.07) is 8.28. The molecule has 0 atom stereocenters. The smallest absolute Gasteiger partial charge is 0.134 e. The van der Waals surface area contributed by atoms with Gasteiger partial charge in [0.15, 0.2) is 0 Å². The lowest BCUT2D eigenvalue weighted by Crippen LogP contribution is -2.20. The van der Waals surface area contributed by atoms with Crippen LogP contribution in [0.3, 0.4) is 0 Å². The van der Waals surface area contributed by atoms with Crippen LogP contribution >= 0.6 is 0 Å². The first-order valence-corrected chi connectivity index (χ1v) is 6.92. The van der Waals surface area contributed by atoms with E-state index >= 15 is 0 Å². The van der Waals surface area contributed by atoms with Gasteiger partial charge in [0.2, 0.25) is 0 Å². The maximum atomic E-state index is 5.99. The molecule has 0 radical (unpaired) electrons. The highest BCUT2D eigenvalue weighted by molar-refractivity contribution is 5.82. The van der Waals surface area contributed by atoms with Crippen molar-refractivity contribution in [2.75, 3.05) is 20.6 Å². The molecular weight excluding hydrogens is 236 g/mol. The van der Waals surface area contributed by atoms with E-state index in [0.717, 1.165) is 31.0 Å². The first-order valence-electron chi connectivity index (χ1n) is 6.92. The number of furan rings is 1. The Kier molecular flexibility index (Phi) is 4.61. The van der Waals surface area contributed by atoms with Crippen molar-refractivity contribution in [1.82, 2.24) is 10.2 Å². The van der Waals surface area contributed by atoms with E-state index in [1.807, 2.05) is 12.1 Å². The van der Waals surface area contributed by atoms with Crippen molar-refractivity contribution in [3.8, 4) is 0 Å². The Morgan fingerprint density at radius 1 is 1.21 bits per heavy atom. The van der Waals surface area contributed by atoms with Crippen molar-refractivity contribution in [2.24, 2.45) is 5.92 Å². The second-order valence-electron chi connectivity index (χ2n) is 5.76. The molecule has 1 aromatic carbocycles. The molecule has 1 aromatic heterocycles. The van der Waals surface area contributed by atoms with Gasteiger partial charge < -0.3 is 14.6 Å². The SMILES string of the molecule is CC(C)CNCc1oc2ccccc2c1CN(C)C. The third kappa shape index (κ3) is 3.58. The van der Waals surface area contributed by atoms with Crippen LogP contribution in [0.2, 0.25) is 0 Å². The highest BCUT2D eigenvalue weighted by Crippen LogP contribution is 2.26. The molecule has 1 heterocycles. The highest BCUT2D eigenvalue weighted by Gasteiger charge is 2.14. The Labute approximate surface area is 115 Å². The van der Waals surface area contributed by atoms with E-state index < -0.39 is 0 Å². The van der Waals surface area contributed by atoms with Crippen LogP contribution < -0.4 is 5.32 Å². The zero-order valence-corrected chi connectivity index (χ0v) is 12.4. The Bertz CT molecular complexity index is 529. The molecule has 0 bridgehead atoms. The van der Waals surface area contributed by atoms with E-state index in [1.54, 1.807) is 0 Å².